The first kappa shape index (κ1) is 22.2. The van der Waals surface area contributed by atoms with Crippen molar-refractivity contribution in [3.63, 3.8) is 0 Å². The molecule has 9 heteroatoms. The summed E-state index contributed by atoms with van der Waals surface area (Å²) < 4.78 is 7.34. The molecule has 178 valence electrons. The zero-order valence-electron chi connectivity index (χ0n) is 19.9. The molecule has 0 aliphatic heterocycles. The van der Waals surface area contributed by atoms with Crippen molar-refractivity contribution in [2.75, 3.05) is 25.9 Å². The van der Waals surface area contributed by atoms with Gasteiger partial charge in [-0.25, -0.2) is 14.5 Å². The van der Waals surface area contributed by atoms with Crippen LogP contribution in [0.1, 0.15) is 51.3 Å². The lowest BCUT2D eigenvalue weighted by atomic mass is 9.81. The number of H-pyrrole nitrogens is 1. The summed E-state index contributed by atoms with van der Waals surface area (Å²) >= 11 is 0. The highest BCUT2D eigenvalue weighted by atomic mass is 16.5. The average Bonchev–Trinajstić information content (AvgIpc) is 3.47. The number of anilines is 1. The molecule has 1 aliphatic carbocycles. The topological polar surface area (TPSA) is 114 Å². The van der Waals surface area contributed by atoms with Crippen molar-refractivity contribution in [2.24, 2.45) is 5.92 Å². The van der Waals surface area contributed by atoms with Gasteiger partial charge in [0.25, 0.3) is 0 Å². The number of amides is 1. The zero-order valence-corrected chi connectivity index (χ0v) is 19.9. The first-order chi connectivity index (χ1) is 16.5. The summed E-state index contributed by atoms with van der Waals surface area (Å²) in [5, 5.41) is 5.54. The number of rotatable bonds is 6. The molecule has 9 nitrogen and oxygen atoms in total. The van der Waals surface area contributed by atoms with E-state index in [1.807, 2.05) is 41.5 Å². The molecule has 0 unspecified atom stereocenters. The van der Waals surface area contributed by atoms with Crippen LogP contribution in [0.25, 0.3) is 27.8 Å². The van der Waals surface area contributed by atoms with Crippen molar-refractivity contribution in [1.82, 2.24) is 29.5 Å². The van der Waals surface area contributed by atoms with Gasteiger partial charge in [-0.2, -0.15) is 5.10 Å². The Kier molecular flexibility index (Phi) is 5.85. The Balaban J connectivity index is 1.50. The molecule has 0 spiro atoms. The monoisotopic (exact) mass is 461 g/mol. The molecule has 4 aromatic rings. The number of carbonyl (C=O) groups excluding carboxylic acids is 1. The Hall–Kier alpha value is -3.62. The molecule has 0 radical (unpaired) electrons. The van der Waals surface area contributed by atoms with Crippen molar-refractivity contribution < 1.29 is 9.53 Å². The van der Waals surface area contributed by atoms with Gasteiger partial charge >= 0.3 is 0 Å². The van der Waals surface area contributed by atoms with Gasteiger partial charge in [0.15, 0.2) is 5.82 Å². The van der Waals surface area contributed by atoms with Gasteiger partial charge in [0, 0.05) is 30.3 Å². The predicted octanol–water partition coefficient (Wildman–Crippen LogP) is 4.01. The molecule has 34 heavy (non-hydrogen) atoms. The normalized spacial score (nSPS) is 18.4. The first-order valence-electron chi connectivity index (χ1n) is 12.0. The average molecular weight is 462 g/mol. The fourth-order valence-electron chi connectivity index (χ4n) is 5.25. The van der Waals surface area contributed by atoms with Gasteiger partial charge in [-0.1, -0.05) is 12.1 Å². The number of nitrogens with two attached hydrogens (primary N) is 1. The third-order valence-electron chi connectivity index (χ3n) is 7.10. The largest absolute Gasteiger partial charge is 0.495 e. The highest BCUT2D eigenvalue weighted by Gasteiger charge is 2.32. The van der Waals surface area contributed by atoms with E-state index in [1.165, 1.54) is 6.33 Å². The Morgan fingerprint density at radius 3 is 2.71 bits per heavy atom. The van der Waals surface area contributed by atoms with Crippen molar-refractivity contribution in [3.8, 4) is 17.1 Å². The van der Waals surface area contributed by atoms with E-state index >= 15 is 0 Å². The number of fused-ring (bicyclic) bond motifs is 2. The summed E-state index contributed by atoms with van der Waals surface area (Å²) in [6, 6.07) is 7.97. The minimum atomic E-state index is 0.0858. The number of imidazole rings is 1. The lowest BCUT2D eigenvalue weighted by molar-refractivity contribution is -0.136. The maximum atomic E-state index is 12.8. The quantitative estimate of drug-likeness (QED) is 0.448. The number of aromatic nitrogens is 5. The Bertz CT molecular complexity index is 1330. The highest BCUT2D eigenvalue weighted by molar-refractivity contribution is 5.93. The van der Waals surface area contributed by atoms with Crippen molar-refractivity contribution in [2.45, 2.75) is 45.4 Å². The molecule has 1 aliphatic rings. The number of hydrogen-bond donors (Lipinski definition) is 2. The molecule has 0 atom stereocenters. The molecular formula is C25H31N7O2. The van der Waals surface area contributed by atoms with E-state index in [0.717, 1.165) is 72.6 Å². The number of hydrogen-bond acceptors (Lipinski definition) is 6. The highest BCUT2D eigenvalue weighted by Crippen LogP contribution is 2.39. The van der Waals surface area contributed by atoms with E-state index in [2.05, 4.69) is 21.1 Å². The molecule has 1 fully saturated rings. The summed E-state index contributed by atoms with van der Waals surface area (Å²) in [6.45, 7) is 5.59. The van der Waals surface area contributed by atoms with E-state index < -0.39 is 0 Å². The second-order valence-electron chi connectivity index (χ2n) is 8.89. The Morgan fingerprint density at radius 1 is 1.24 bits per heavy atom. The van der Waals surface area contributed by atoms with E-state index in [-0.39, 0.29) is 17.7 Å². The van der Waals surface area contributed by atoms with Crippen LogP contribution in [0.2, 0.25) is 0 Å². The summed E-state index contributed by atoms with van der Waals surface area (Å²) in [4.78, 5) is 27.5. The smallest absolute Gasteiger partial charge is 0.225 e. The van der Waals surface area contributed by atoms with Gasteiger partial charge in [-0.15, -0.1) is 0 Å². The number of methoxy groups -OCH3 is 1. The van der Waals surface area contributed by atoms with Gasteiger partial charge in [0.1, 0.15) is 29.1 Å². The second-order valence-corrected chi connectivity index (χ2v) is 8.89. The summed E-state index contributed by atoms with van der Waals surface area (Å²) in [5.41, 5.74) is 9.49. The molecule has 3 aromatic heterocycles. The fraction of sp³-hybridized carbons (Fsp3) is 0.440. The first-order valence-corrected chi connectivity index (χ1v) is 12.0. The molecule has 5 rings (SSSR count). The minimum Gasteiger partial charge on any atom is -0.495 e. The number of carbonyl (C=O) groups is 1. The SMILES string of the molecule is CCN(CC)C(=O)C1CCC(c2nc(-c3cc4cccc(OC)c4[nH]3)c3c(N)ncnn23)CC1. The van der Waals surface area contributed by atoms with Crippen molar-refractivity contribution in [1.29, 1.82) is 0 Å². The Labute approximate surface area is 198 Å². The van der Waals surface area contributed by atoms with Gasteiger partial charge in [0.2, 0.25) is 5.91 Å². The van der Waals surface area contributed by atoms with Crippen LogP contribution in [0.3, 0.4) is 0 Å². The van der Waals surface area contributed by atoms with E-state index in [0.29, 0.717) is 11.3 Å². The van der Waals surface area contributed by atoms with Crippen LogP contribution in [0.5, 0.6) is 5.75 Å². The standard InChI is InChI=1S/C25H31N7O2/c1-4-31(5-2)25(33)16-11-9-15(10-12-16)24-30-21(22-23(26)27-14-28-32(22)24)18-13-17-7-6-8-19(34-3)20(17)29-18/h6-8,13-16,29H,4-5,9-12H2,1-3H3,(H2,26,27,28). The van der Waals surface area contributed by atoms with Crippen LogP contribution in [0.15, 0.2) is 30.6 Å². The van der Waals surface area contributed by atoms with Gasteiger partial charge in [0.05, 0.1) is 18.3 Å². The number of para-hydroxylation sites is 1. The molecule has 1 saturated carbocycles. The lowest BCUT2D eigenvalue weighted by Gasteiger charge is -2.30. The predicted molar refractivity (Wildman–Crippen MR) is 132 cm³/mol. The minimum absolute atomic E-state index is 0.0858. The van der Waals surface area contributed by atoms with Crippen LogP contribution in [0.4, 0.5) is 5.82 Å². The maximum absolute atomic E-state index is 12.8. The third kappa shape index (κ3) is 3.65. The number of aromatic amines is 1. The van der Waals surface area contributed by atoms with Gasteiger partial charge < -0.3 is 20.4 Å². The molecule has 0 saturated heterocycles. The maximum Gasteiger partial charge on any atom is 0.225 e. The van der Waals surface area contributed by atoms with Crippen LogP contribution in [-0.2, 0) is 4.79 Å². The van der Waals surface area contributed by atoms with E-state index in [9.17, 15) is 4.79 Å². The number of nitrogens with one attached hydrogen (secondary N) is 1. The van der Waals surface area contributed by atoms with Gasteiger partial charge in [-0.3, -0.25) is 4.79 Å². The third-order valence-corrected chi connectivity index (χ3v) is 7.10. The number of nitrogen functional groups attached to an aromatic ring is 1. The molecule has 3 N–H and O–H groups in total. The van der Waals surface area contributed by atoms with Gasteiger partial charge in [-0.05, 0) is 51.7 Å². The van der Waals surface area contributed by atoms with Crippen molar-refractivity contribution in [3.05, 3.63) is 36.4 Å². The molecule has 1 aromatic carbocycles. The number of benzene rings is 1. The lowest BCUT2D eigenvalue weighted by Crippen LogP contribution is -2.37. The zero-order chi connectivity index (χ0) is 23.8. The fourth-order valence-corrected chi connectivity index (χ4v) is 5.25. The van der Waals surface area contributed by atoms with Crippen LogP contribution in [0, 0.1) is 5.92 Å². The molecule has 0 bridgehead atoms. The van der Waals surface area contributed by atoms with Crippen molar-refractivity contribution >= 4 is 28.1 Å². The summed E-state index contributed by atoms with van der Waals surface area (Å²) in [7, 11) is 1.66. The van der Waals surface area contributed by atoms with E-state index in [4.69, 9.17) is 15.5 Å². The van der Waals surface area contributed by atoms with Crippen LogP contribution >= 0.6 is 0 Å². The van der Waals surface area contributed by atoms with Crippen LogP contribution in [-0.4, -0.2) is 55.6 Å². The molecule has 3 heterocycles. The Morgan fingerprint density at radius 2 is 2.00 bits per heavy atom. The number of nitrogens with zero attached hydrogens (tertiary/aromatic N) is 5. The van der Waals surface area contributed by atoms with Crippen LogP contribution < -0.4 is 10.5 Å². The molecular weight excluding hydrogens is 430 g/mol. The second kappa shape index (κ2) is 8.96. The van der Waals surface area contributed by atoms with E-state index in [1.54, 1.807) is 7.11 Å². The summed E-state index contributed by atoms with van der Waals surface area (Å²) in [5.74, 6) is 2.60. The summed E-state index contributed by atoms with van der Waals surface area (Å²) in [6.07, 6.45) is 4.96. The molecule has 1 amide bonds. The number of ether oxygens (including phenoxy) is 1.